The Balaban J connectivity index is 1.93. The zero-order valence-electron chi connectivity index (χ0n) is 12.1. The minimum absolute atomic E-state index is 0.790. The lowest BCUT2D eigenvalue weighted by Gasteiger charge is -2.11. The standard InChI is InChI=1S/C15H20N4S/c1-12-5-6-13(2)14(9-12)18-10-16-19(15(18)20)11-17-7-3-4-8-17/h5-6,9-10H,3-4,7-8,11H2,1-2H3/p+1. The summed E-state index contributed by atoms with van der Waals surface area (Å²) in [5.74, 6) is 0. The molecule has 0 unspecified atom stereocenters. The fourth-order valence-corrected chi connectivity index (χ4v) is 3.09. The molecule has 1 aromatic carbocycles. The van der Waals surface area contributed by atoms with Crippen LogP contribution in [0.4, 0.5) is 0 Å². The molecule has 5 heteroatoms. The van der Waals surface area contributed by atoms with Gasteiger partial charge in [-0.3, -0.25) is 4.57 Å². The number of nitrogens with one attached hydrogen (secondary N) is 1. The van der Waals surface area contributed by atoms with Crippen LogP contribution in [0.25, 0.3) is 5.69 Å². The molecule has 0 radical (unpaired) electrons. The molecule has 1 aliphatic rings. The average Bonchev–Trinajstić information content (AvgIpc) is 3.05. The second kappa shape index (κ2) is 5.50. The van der Waals surface area contributed by atoms with Crippen LogP contribution in [-0.2, 0) is 6.67 Å². The SMILES string of the molecule is Cc1ccc(C)c(-n2cnn(C[NH+]3CCCC3)c2=S)c1. The molecule has 4 nitrogen and oxygen atoms in total. The summed E-state index contributed by atoms with van der Waals surface area (Å²) in [6.45, 7) is 7.57. The summed E-state index contributed by atoms with van der Waals surface area (Å²) in [4.78, 5) is 1.58. The maximum atomic E-state index is 5.59. The molecule has 3 rings (SSSR count). The molecule has 0 atom stereocenters. The van der Waals surface area contributed by atoms with Gasteiger partial charge in [0, 0.05) is 12.8 Å². The van der Waals surface area contributed by atoms with Gasteiger partial charge in [0.05, 0.1) is 18.8 Å². The van der Waals surface area contributed by atoms with E-state index in [1.165, 1.54) is 37.1 Å². The molecule has 1 fully saturated rings. The molecule has 20 heavy (non-hydrogen) atoms. The van der Waals surface area contributed by atoms with Crippen LogP contribution in [-0.4, -0.2) is 27.4 Å². The van der Waals surface area contributed by atoms with Crippen LogP contribution in [0.3, 0.4) is 0 Å². The quantitative estimate of drug-likeness (QED) is 0.870. The van der Waals surface area contributed by atoms with Gasteiger partial charge in [-0.2, -0.15) is 9.78 Å². The van der Waals surface area contributed by atoms with Crippen LogP contribution in [0.15, 0.2) is 24.5 Å². The second-order valence-corrected chi connectivity index (χ2v) is 6.05. The van der Waals surface area contributed by atoms with Crippen molar-refractivity contribution in [1.82, 2.24) is 14.3 Å². The topological polar surface area (TPSA) is 27.2 Å². The van der Waals surface area contributed by atoms with E-state index in [-0.39, 0.29) is 0 Å². The number of hydrogen-bond donors (Lipinski definition) is 1. The zero-order chi connectivity index (χ0) is 14.1. The molecule has 0 saturated carbocycles. The van der Waals surface area contributed by atoms with Crippen molar-refractivity contribution < 1.29 is 4.90 Å². The molecule has 0 bridgehead atoms. The Kier molecular flexibility index (Phi) is 3.72. The summed E-state index contributed by atoms with van der Waals surface area (Å²) >= 11 is 5.59. The monoisotopic (exact) mass is 289 g/mol. The highest BCUT2D eigenvalue weighted by Gasteiger charge is 2.17. The van der Waals surface area contributed by atoms with Crippen LogP contribution in [0.1, 0.15) is 24.0 Å². The van der Waals surface area contributed by atoms with E-state index in [0.717, 1.165) is 17.1 Å². The van der Waals surface area contributed by atoms with Gasteiger partial charge in [-0.1, -0.05) is 12.1 Å². The summed E-state index contributed by atoms with van der Waals surface area (Å²) in [6.07, 6.45) is 4.49. The van der Waals surface area contributed by atoms with Gasteiger partial charge in [0.1, 0.15) is 6.33 Å². The maximum absolute atomic E-state index is 5.59. The Hall–Kier alpha value is -1.46. The van der Waals surface area contributed by atoms with Crippen molar-refractivity contribution in [3.05, 3.63) is 40.4 Å². The van der Waals surface area contributed by atoms with Gasteiger partial charge in [0.25, 0.3) is 0 Å². The number of rotatable bonds is 3. The van der Waals surface area contributed by atoms with Crippen molar-refractivity contribution in [3.63, 3.8) is 0 Å². The predicted octanol–water partition coefficient (Wildman–Crippen LogP) is 1.66. The molecular weight excluding hydrogens is 268 g/mol. The van der Waals surface area contributed by atoms with E-state index in [9.17, 15) is 0 Å². The lowest BCUT2D eigenvalue weighted by molar-refractivity contribution is -0.911. The van der Waals surface area contributed by atoms with Gasteiger partial charge in [-0.15, -0.1) is 0 Å². The summed E-state index contributed by atoms with van der Waals surface area (Å²) in [6, 6.07) is 6.43. The Labute approximate surface area is 124 Å². The van der Waals surface area contributed by atoms with E-state index in [0.29, 0.717) is 0 Å². The minimum atomic E-state index is 0.790. The lowest BCUT2D eigenvalue weighted by Crippen LogP contribution is -3.09. The van der Waals surface area contributed by atoms with Crippen LogP contribution in [0.2, 0.25) is 0 Å². The number of aromatic nitrogens is 3. The number of likely N-dealkylation sites (tertiary alicyclic amines) is 1. The van der Waals surface area contributed by atoms with E-state index < -0.39 is 0 Å². The van der Waals surface area contributed by atoms with Crippen molar-refractivity contribution in [2.24, 2.45) is 0 Å². The molecule has 2 aromatic rings. The Morgan fingerprint density at radius 1 is 1.25 bits per heavy atom. The largest absolute Gasteiger partial charge is 0.316 e. The average molecular weight is 289 g/mol. The smallest absolute Gasteiger partial charge is 0.207 e. The van der Waals surface area contributed by atoms with Gasteiger partial charge >= 0.3 is 0 Å². The van der Waals surface area contributed by atoms with Crippen molar-refractivity contribution in [2.75, 3.05) is 13.1 Å². The van der Waals surface area contributed by atoms with Gasteiger partial charge in [0.2, 0.25) is 4.77 Å². The lowest BCUT2D eigenvalue weighted by atomic mass is 10.1. The highest BCUT2D eigenvalue weighted by molar-refractivity contribution is 7.71. The molecule has 106 valence electrons. The van der Waals surface area contributed by atoms with Crippen molar-refractivity contribution in [2.45, 2.75) is 33.4 Å². The summed E-state index contributed by atoms with van der Waals surface area (Å²) in [5, 5.41) is 4.48. The third-order valence-corrected chi connectivity index (χ3v) is 4.45. The highest BCUT2D eigenvalue weighted by Crippen LogP contribution is 2.16. The molecule has 1 saturated heterocycles. The first-order valence-corrected chi connectivity index (χ1v) is 7.61. The third-order valence-electron chi connectivity index (χ3n) is 4.04. The second-order valence-electron chi connectivity index (χ2n) is 5.69. The molecule has 2 heterocycles. The van der Waals surface area contributed by atoms with Crippen molar-refractivity contribution in [1.29, 1.82) is 0 Å². The van der Waals surface area contributed by atoms with E-state index in [2.05, 4.69) is 37.1 Å². The van der Waals surface area contributed by atoms with Gasteiger partial charge in [0.15, 0.2) is 6.67 Å². The summed E-state index contributed by atoms with van der Waals surface area (Å²) < 4.78 is 4.77. The first-order chi connectivity index (χ1) is 9.65. The highest BCUT2D eigenvalue weighted by atomic mass is 32.1. The predicted molar refractivity (Wildman–Crippen MR) is 81.8 cm³/mol. The summed E-state index contributed by atoms with van der Waals surface area (Å²) in [5.41, 5.74) is 3.60. The Morgan fingerprint density at radius 3 is 2.75 bits per heavy atom. The van der Waals surface area contributed by atoms with Gasteiger partial charge < -0.3 is 4.90 Å². The normalized spacial score (nSPS) is 15.9. The molecule has 0 spiro atoms. The number of quaternary nitrogens is 1. The zero-order valence-corrected chi connectivity index (χ0v) is 12.9. The number of hydrogen-bond acceptors (Lipinski definition) is 2. The molecule has 1 aliphatic heterocycles. The van der Waals surface area contributed by atoms with Crippen LogP contribution in [0.5, 0.6) is 0 Å². The maximum Gasteiger partial charge on any atom is 0.207 e. The molecule has 1 aromatic heterocycles. The van der Waals surface area contributed by atoms with E-state index in [1.54, 1.807) is 4.90 Å². The van der Waals surface area contributed by atoms with Gasteiger partial charge in [-0.05, 0) is 43.3 Å². The molecular formula is C15H21N4S+. The Morgan fingerprint density at radius 2 is 2.00 bits per heavy atom. The van der Waals surface area contributed by atoms with E-state index in [1.807, 2.05) is 15.6 Å². The molecule has 0 aliphatic carbocycles. The van der Waals surface area contributed by atoms with Crippen LogP contribution in [0, 0.1) is 18.6 Å². The van der Waals surface area contributed by atoms with E-state index in [4.69, 9.17) is 12.2 Å². The first-order valence-electron chi connectivity index (χ1n) is 7.21. The van der Waals surface area contributed by atoms with Gasteiger partial charge in [-0.25, -0.2) is 0 Å². The summed E-state index contributed by atoms with van der Waals surface area (Å²) in [7, 11) is 0. The Bertz CT molecular complexity index is 665. The first kappa shape index (κ1) is 13.5. The van der Waals surface area contributed by atoms with Crippen molar-refractivity contribution in [3.8, 4) is 5.69 Å². The van der Waals surface area contributed by atoms with Crippen LogP contribution >= 0.6 is 12.2 Å². The van der Waals surface area contributed by atoms with Crippen LogP contribution < -0.4 is 4.90 Å². The molecule has 1 N–H and O–H groups in total. The number of benzene rings is 1. The fourth-order valence-electron chi connectivity index (χ4n) is 2.83. The number of nitrogens with zero attached hydrogens (tertiary/aromatic N) is 3. The third kappa shape index (κ3) is 2.55. The van der Waals surface area contributed by atoms with E-state index >= 15 is 0 Å². The minimum Gasteiger partial charge on any atom is -0.316 e. The number of aryl methyl sites for hydroxylation is 2. The molecule has 0 amide bonds. The van der Waals surface area contributed by atoms with Crippen molar-refractivity contribution >= 4 is 12.2 Å². The fraction of sp³-hybridized carbons (Fsp3) is 0.467.